The van der Waals surface area contributed by atoms with Crippen LogP contribution < -0.4 is 10.6 Å². The second-order valence-corrected chi connectivity index (χ2v) is 9.54. The maximum absolute atomic E-state index is 13.2. The topological polar surface area (TPSA) is 128 Å². The average molecular weight is 519 g/mol. The van der Waals surface area contributed by atoms with Crippen LogP contribution in [0.2, 0.25) is 0 Å². The monoisotopic (exact) mass is 518 g/mol. The summed E-state index contributed by atoms with van der Waals surface area (Å²) in [6.45, 7) is 2.43. The molecule has 12 nitrogen and oxygen atoms in total. The van der Waals surface area contributed by atoms with Crippen molar-refractivity contribution < 1.29 is 19.1 Å². The van der Waals surface area contributed by atoms with Crippen LogP contribution in [0, 0.1) is 0 Å². The summed E-state index contributed by atoms with van der Waals surface area (Å²) < 4.78 is 14.3. The highest BCUT2D eigenvalue weighted by atomic mass is 16.5. The molecule has 2 N–H and O–H groups in total. The molecule has 0 radical (unpaired) electrons. The third-order valence-corrected chi connectivity index (χ3v) is 7.38. The number of amides is 2. The predicted molar refractivity (Wildman–Crippen MR) is 140 cm³/mol. The quantitative estimate of drug-likeness (QED) is 0.377. The standard InChI is InChI=1S/C26H30N8O4/c1-27-22-12-20(30-25-17(13-29-34(22)25)26(36)31-19-5-6-21(19)37-2)18-14-33(24-16(18)4-3-7-28-24)15-23(35)32-8-10-38-11-9-32/h3-4,7,12-14,19,21,27H,5-6,8-11,15H2,1-2H3,(H,31,36)/t19-,21-/m1/s1. The molecule has 1 saturated heterocycles. The number of anilines is 1. The highest BCUT2D eigenvalue weighted by molar-refractivity contribution is 6.01. The lowest BCUT2D eigenvalue weighted by molar-refractivity contribution is -0.135. The number of morpholine rings is 1. The van der Waals surface area contributed by atoms with Gasteiger partial charge in [0, 0.05) is 56.7 Å². The van der Waals surface area contributed by atoms with Crippen molar-refractivity contribution in [2.24, 2.45) is 0 Å². The fraction of sp³-hybridized carbons (Fsp3) is 0.423. The van der Waals surface area contributed by atoms with Crippen molar-refractivity contribution in [2.45, 2.75) is 31.5 Å². The average Bonchev–Trinajstić information content (AvgIpc) is 3.53. The van der Waals surface area contributed by atoms with Gasteiger partial charge in [-0.1, -0.05) is 0 Å². The first-order valence-corrected chi connectivity index (χ1v) is 12.8. The Morgan fingerprint density at radius 2 is 2.05 bits per heavy atom. The van der Waals surface area contributed by atoms with Crippen LogP contribution in [-0.2, 0) is 20.8 Å². The van der Waals surface area contributed by atoms with Crippen LogP contribution in [0.1, 0.15) is 23.2 Å². The number of pyridine rings is 1. The van der Waals surface area contributed by atoms with Gasteiger partial charge in [-0.05, 0) is 25.0 Å². The van der Waals surface area contributed by atoms with Crippen LogP contribution in [0.3, 0.4) is 0 Å². The first-order valence-electron chi connectivity index (χ1n) is 12.8. The first-order chi connectivity index (χ1) is 18.6. The summed E-state index contributed by atoms with van der Waals surface area (Å²) in [5.41, 5.74) is 2.97. The summed E-state index contributed by atoms with van der Waals surface area (Å²) in [5.74, 6) is 0.456. The highest BCUT2D eigenvalue weighted by Gasteiger charge is 2.33. The number of carbonyl (C=O) groups excluding carboxylic acids is 2. The zero-order valence-electron chi connectivity index (χ0n) is 21.4. The summed E-state index contributed by atoms with van der Waals surface area (Å²) in [4.78, 5) is 37.4. The molecule has 2 amide bonds. The SMILES string of the molecule is CNc1cc(-c2cn(CC(=O)N3CCOCC3)c3ncccc23)nc2c(C(=O)N[C@@H]3CC[C@H]3OC)cnn12. The van der Waals surface area contributed by atoms with Crippen LogP contribution >= 0.6 is 0 Å². The van der Waals surface area contributed by atoms with Gasteiger partial charge in [0.2, 0.25) is 5.91 Å². The normalized spacial score (nSPS) is 19.5. The molecule has 2 atom stereocenters. The van der Waals surface area contributed by atoms with E-state index in [1.165, 1.54) is 6.20 Å². The van der Waals surface area contributed by atoms with E-state index in [2.05, 4.69) is 20.7 Å². The molecule has 6 rings (SSSR count). The van der Waals surface area contributed by atoms with Gasteiger partial charge in [0.1, 0.15) is 23.6 Å². The van der Waals surface area contributed by atoms with Crippen molar-refractivity contribution in [1.29, 1.82) is 0 Å². The van der Waals surface area contributed by atoms with Gasteiger partial charge in [0.05, 0.1) is 37.3 Å². The summed E-state index contributed by atoms with van der Waals surface area (Å²) in [7, 11) is 3.45. The van der Waals surface area contributed by atoms with Gasteiger partial charge in [-0.2, -0.15) is 9.61 Å². The van der Waals surface area contributed by atoms with Crippen LogP contribution in [0.25, 0.3) is 27.9 Å². The molecule has 2 fully saturated rings. The van der Waals surface area contributed by atoms with Gasteiger partial charge in [-0.3, -0.25) is 9.59 Å². The first kappa shape index (κ1) is 24.3. The van der Waals surface area contributed by atoms with Crippen LogP contribution in [-0.4, -0.2) is 93.5 Å². The predicted octanol–water partition coefficient (Wildman–Crippen LogP) is 1.55. The lowest BCUT2D eigenvalue weighted by Gasteiger charge is -2.35. The van der Waals surface area contributed by atoms with Gasteiger partial charge in [0.25, 0.3) is 5.91 Å². The van der Waals surface area contributed by atoms with E-state index in [9.17, 15) is 9.59 Å². The van der Waals surface area contributed by atoms with Gasteiger partial charge in [-0.15, -0.1) is 0 Å². The third-order valence-electron chi connectivity index (χ3n) is 7.38. The molecule has 4 aromatic rings. The number of methoxy groups -OCH3 is 1. The number of nitrogens with zero attached hydrogens (tertiary/aromatic N) is 6. The molecule has 1 aliphatic heterocycles. The molecule has 0 bridgehead atoms. The number of hydrogen-bond acceptors (Lipinski definition) is 8. The van der Waals surface area contributed by atoms with Crippen molar-refractivity contribution in [1.82, 2.24) is 34.4 Å². The smallest absolute Gasteiger partial charge is 0.257 e. The van der Waals surface area contributed by atoms with E-state index in [1.54, 1.807) is 24.9 Å². The largest absolute Gasteiger partial charge is 0.379 e. The Balaban J connectivity index is 1.38. The Labute approximate surface area is 218 Å². The Morgan fingerprint density at radius 1 is 1.21 bits per heavy atom. The zero-order valence-corrected chi connectivity index (χ0v) is 21.4. The van der Waals surface area contributed by atoms with Crippen molar-refractivity contribution in [3.8, 4) is 11.3 Å². The number of nitrogens with one attached hydrogen (secondary N) is 2. The Morgan fingerprint density at radius 3 is 2.79 bits per heavy atom. The van der Waals surface area contributed by atoms with Gasteiger partial charge >= 0.3 is 0 Å². The third kappa shape index (κ3) is 4.25. The van der Waals surface area contributed by atoms with Gasteiger partial charge < -0.3 is 29.6 Å². The minimum Gasteiger partial charge on any atom is -0.379 e. The van der Waals surface area contributed by atoms with E-state index in [0.717, 1.165) is 23.8 Å². The maximum atomic E-state index is 13.2. The Hall–Kier alpha value is -4.03. The van der Waals surface area contributed by atoms with E-state index < -0.39 is 0 Å². The number of hydrogen-bond donors (Lipinski definition) is 2. The van der Waals surface area contributed by atoms with Gasteiger partial charge in [0.15, 0.2) is 5.65 Å². The number of fused-ring (bicyclic) bond motifs is 2. The van der Waals surface area contributed by atoms with E-state index in [0.29, 0.717) is 54.7 Å². The van der Waals surface area contributed by atoms with E-state index in [-0.39, 0.29) is 30.5 Å². The number of aromatic nitrogens is 5. The van der Waals surface area contributed by atoms with E-state index in [1.807, 2.05) is 33.9 Å². The van der Waals surface area contributed by atoms with Crippen LogP contribution in [0.4, 0.5) is 5.82 Å². The molecule has 1 saturated carbocycles. The highest BCUT2D eigenvalue weighted by Crippen LogP contribution is 2.31. The molecule has 0 spiro atoms. The minimum absolute atomic E-state index is 0.0156. The van der Waals surface area contributed by atoms with Crippen LogP contribution in [0.5, 0.6) is 0 Å². The molecule has 2 aliphatic rings. The van der Waals surface area contributed by atoms with Crippen molar-refractivity contribution >= 4 is 34.3 Å². The molecule has 0 unspecified atom stereocenters. The molecule has 4 aromatic heterocycles. The molecular weight excluding hydrogens is 488 g/mol. The van der Waals surface area contributed by atoms with Crippen molar-refractivity contribution in [2.75, 3.05) is 45.8 Å². The Kier molecular flexibility index (Phi) is 6.42. The summed E-state index contributed by atoms with van der Waals surface area (Å²) in [5, 5.41) is 11.5. The summed E-state index contributed by atoms with van der Waals surface area (Å²) in [6.07, 6.45) is 6.98. The lowest BCUT2D eigenvalue weighted by atomic mass is 9.89. The molecule has 198 valence electrons. The molecule has 0 aromatic carbocycles. The van der Waals surface area contributed by atoms with E-state index >= 15 is 0 Å². The minimum atomic E-state index is -0.237. The van der Waals surface area contributed by atoms with Crippen molar-refractivity contribution in [3.05, 3.63) is 42.4 Å². The number of ether oxygens (including phenoxy) is 2. The fourth-order valence-electron chi connectivity index (χ4n) is 5.11. The fourth-order valence-corrected chi connectivity index (χ4v) is 5.11. The number of rotatable bonds is 7. The molecule has 1 aliphatic carbocycles. The lowest BCUT2D eigenvalue weighted by Crippen LogP contribution is -2.51. The maximum Gasteiger partial charge on any atom is 0.257 e. The molecular formula is C26H30N8O4. The second kappa shape index (κ2) is 10.0. The molecule has 38 heavy (non-hydrogen) atoms. The van der Waals surface area contributed by atoms with Gasteiger partial charge in [-0.25, -0.2) is 9.97 Å². The molecule has 5 heterocycles. The number of carbonyl (C=O) groups is 2. The van der Waals surface area contributed by atoms with E-state index in [4.69, 9.17) is 14.5 Å². The zero-order chi connectivity index (χ0) is 26.2. The summed E-state index contributed by atoms with van der Waals surface area (Å²) >= 11 is 0. The molecule has 12 heteroatoms. The van der Waals surface area contributed by atoms with Crippen molar-refractivity contribution in [3.63, 3.8) is 0 Å². The second-order valence-electron chi connectivity index (χ2n) is 9.54. The van der Waals surface area contributed by atoms with Crippen LogP contribution in [0.15, 0.2) is 36.8 Å². The Bertz CT molecular complexity index is 1500. The summed E-state index contributed by atoms with van der Waals surface area (Å²) in [6, 6.07) is 5.68.